The zero-order chi connectivity index (χ0) is 17.5. The molecule has 0 fully saturated rings. The number of ether oxygens (including phenoxy) is 1. The summed E-state index contributed by atoms with van der Waals surface area (Å²) in [5.74, 6) is 0.630. The van der Waals surface area contributed by atoms with Gasteiger partial charge in [0.15, 0.2) is 5.82 Å². The number of methoxy groups -OCH3 is 1. The highest BCUT2D eigenvalue weighted by Crippen LogP contribution is 2.20. The second kappa shape index (κ2) is 8.41. The molecule has 3 aromatic rings. The van der Waals surface area contributed by atoms with Crippen molar-refractivity contribution in [3.8, 4) is 11.5 Å². The lowest BCUT2D eigenvalue weighted by Crippen LogP contribution is -2.28. The van der Waals surface area contributed by atoms with Gasteiger partial charge < -0.3 is 4.74 Å². The Balaban J connectivity index is 1.72. The lowest BCUT2D eigenvalue weighted by Gasteiger charge is -2.27. The average molecular weight is 335 g/mol. The van der Waals surface area contributed by atoms with E-state index >= 15 is 0 Å². The summed E-state index contributed by atoms with van der Waals surface area (Å²) in [4.78, 5) is 19.8. The fourth-order valence-electron chi connectivity index (χ4n) is 2.63. The first kappa shape index (κ1) is 17.1. The standard InChI is InChI=1S/C19H21N5O/c1-24(18(14-25-2)16-7-3-5-9-20-16)13-15-11-22-19(23-12-15)17-8-4-6-10-21-17/h3-12,18H,13-14H2,1-2H3/t18-/m0/s1. The Morgan fingerprint density at radius 2 is 1.68 bits per heavy atom. The smallest absolute Gasteiger partial charge is 0.178 e. The molecule has 3 aromatic heterocycles. The first-order chi connectivity index (χ1) is 12.3. The van der Waals surface area contributed by atoms with Crippen molar-refractivity contribution in [1.29, 1.82) is 0 Å². The second-order valence-corrected chi connectivity index (χ2v) is 5.77. The van der Waals surface area contributed by atoms with Crippen LogP contribution >= 0.6 is 0 Å². The van der Waals surface area contributed by atoms with Gasteiger partial charge in [0.2, 0.25) is 0 Å². The van der Waals surface area contributed by atoms with E-state index in [-0.39, 0.29) is 6.04 Å². The van der Waals surface area contributed by atoms with E-state index in [0.717, 1.165) is 17.0 Å². The molecule has 0 bridgehead atoms. The Morgan fingerprint density at radius 1 is 0.960 bits per heavy atom. The fourth-order valence-corrected chi connectivity index (χ4v) is 2.63. The third-order valence-corrected chi connectivity index (χ3v) is 3.92. The maximum atomic E-state index is 5.37. The Labute approximate surface area is 147 Å². The predicted octanol–water partition coefficient (Wildman–Crippen LogP) is 2.75. The fraction of sp³-hybridized carbons (Fsp3) is 0.263. The number of aromatic nitrogens is 4. The SMILES string of the molecule is COC[C@@H](c1ccccn1)N(C)Cc1cnc(-c2ccccn2)nc1. The number of hydrogen-bond donors (Lipinski definition) is 0. The lowest BCUT2D eigenvalue weighted by atomic mass is 10.1. The van der Waals surface area contributed by atoms with E-state index in [1.54, 1.807) is 19.5 Å². The summed E-state index contributed by atoms with van der Waals surface area (Å²) < 4.78 is 5.37. The van der Waals surface area contributed by atoms with Crippen LogP contribution in [0.2, 0.25) is 0 Å². The van der Waals surface area contributed by atoms with E-state index in [4.69, 9.17) is 4.74 Å². The molecule has 25 heavy (non-hydrogen) atoms. The van der Waals surface area contributed by atoms with Gasteiger partial charge in [-0.1, -0.05) is 12.1 Å². The third-order valence-electron chi connectivity index (χ3n) is 3.92. The van der Waals surface area contributed by atoms with Gasteiger partial charge in [-0.3, -0.25) is 14.9 Å². The molecule has 0 aromatic carbocycles. The summed E-state index contributed by atoms with van der Waals surface area (Å²) in [6.45, 7) is 1.27. The zero-order valence-electron chi connectivity index (χ0n) is 14.4. The minimum absolute atomic E-state index is 0.0710. The second-order valence-electron chi connectivity index (χ2n) is 5.77. The van der Waals surface area contributed by atoms with E-state index in [1.165, 1.54) is 0 Å². The summed E-state index contributed by atoms with van der Waals surface area (Å²) in [6.07, 6.45) is 7.23. The van der Waals surface area contributed by atoms with E-state index in [0.29, 0.717) is 19.0 Å². The van der Waals surface area contributed by atoms with Crippen LogP contribution in [0.1, 0.15) is 17.3 Å². The largest absolute Gasteiger partial charge is 0.383 e. The van der Waals surface area contributed by atoms with Gasteiger partial charge in [-0.15, -0.1) is 0 Å². The maximum Gasteiger partial charge on any atom is 0.178 e. The number of rotatable bonds is 7. The predicted molar refractivity (Wildman–Crippen MR) is 95.6 cm³/mol. The van der Waals surface area contributed by atoms with E-state index in [1.807, 2.05) is 55.8 Å². The molecular formula is C19H21N5O. The summed E-state index contributed by atoms with van der Waals surface area (Å²) in [5.41, 5.74) is 2.78. The Kier molecular flexibility index (Phi) is 5.77. The van der Waals surface area contributed by atoms with Gasteiger partial charge in [-0.2, -0.15) is 0 Å². The summed E-state index contributed by atoms with van der Waals surface area (Å²) in [5, 5.41) is 0. The summed E-state index contributed by atoms with van der Waals surface area (Å²) >= 11 is 0. The van der Waals surface area contributed by atoms with Crippen LogP contribution in [0.4, 0.5) is 0 Å². The molecule has 128 valence electrons. The zero-order valence-corrected chi connectivity index (χ0v) is 14.4. The third kappa shape index (κ3) is 4.43. The molecule has 0 aliphatic rings. The molecule has 3 heterocycles. The van der Waals surface area contributed by atoms with Crippen molar-refractivity contribution in [3.63, 3.8) is 0 Å². The van der Waals surface area contributed by atoms with Crippen molar-refractivity contribution in [2.24, 2.45) is 0 Å². The Hall–Kier alpha value is -2.70. The molecule has 0 amide bonds. The van der Waals surface area contributed by atoms with Crippen molar-refractivity contribution >= 4 is 0 Å². The number of likely N-dealkylation sites (N-methyl/N-ethyl adjacent to an activating group) is 1. The molecule has 0 radical (unpaired) electrons. The normalized spacial score (nSPS) is 12.3. The molecule has 0 saturated carbocycles. The van der Waals surface area contributed by atoms with Gasteiger partial charge in [0.1, 0.15) is 5.69 Å². The van der Waals surface area contributed by atoms with Crippen LogP contribution in [0.15, 0.2) is 61.2 Å². The van der Waals surface area contributed by atoms with Crippen LogP contribution < -0.4 is 0 Å². The number of hydrogen-bond acceptors (Lipinski definition) is 6. The summed E-state index contributed by atoms with van der Waals surface area (Å²) in [6, 6.07) is 11.7. The molecular weight excluding hydrogens is 314 g/mol. The number of nitrogens with zero attached hydrogens (tertiary/aromatic N) is 5. The number of pyridine rings is 2. The Morgan fingerprint density at radius 3 is 2.28 bits per heavy atom. The highest BCUT2D eigenvalue weighted by atomic mass is 16.5. The van der Waals surface area contributed by atoms with Gasteiger partial charge >= 0.3 is 0 Å². The molecule has 6 nitrogen and oxygen atoms in total. The van der Waals surface area contributed by atoms with Crippen molar-refractivity contribution in [1.82, 2.24) is 24.8 Å². The molecule has 0 aliphatic carbocycles. The molecule has 1 atom stereocenters. The van der Waals surface area contributed by atoms with Gasteiger partial charge in [0, 0.05) is 44.0 Å². The van der Waals surface area contributed by atoms with Crippen LogP contribution in [-0.2, 0) is 11.3 Å². The minimum Gasteiger partial charge on any atom is -0.383 e. The topological polar surface area (TPSA) is 64.0 Å². The monoisotopic (exact) mass is 335 g/mol. The molecule has 0 N–H and O–H groups in total. The molecule has 0 spiro atoms. The van der Waals surface area contributed by atoms with Gasteiger partial charge in [0.25, 0.3) is 0 Å². The molecule has 0 saturated heterocycles. The maximum absolute atomic E-state index is 5.37. The quantitative estimate of drug-likeness (QED) is 0.661. The minimum atomic E-state index is 0.0710. The van der Waals surface area contributed by atoms with Crippen LogP contribution in [-0.4, -0.2) is 45.6 Å². The van der Waals surface area contributed by atoms with Crippen molar-refractivity contribution in [3.05, 3.63) is 72.4 Å². The molecule has 3 rings (SSSR count). The Bertz CT molecular complexity index is 765. The molecule has 0 aliphatic heterocycles. The molecule has 0 unspecified atom stereocenters. The van der Waals surface area contributed by atoms with Crippen molar-refractivity contribution in [2.45, 2.75) is 12.6 Å². The van der Waals surface area contributed by atoms with Crippen LogP contribution in [0.3, 0.4) is 0 Å². The first-order valence-electron chi connectivity index (χ1n) is 8.10. The van der Waals surface area contributed by atoms with Gasteiger partial charge in [-0.25, -0.2) is 9.97 Å². The van der Waals surface area contributed by atoms with Crippen LogP contribution in [0, 0.1) is 0 Å². The first-order valence-corrected chi connectivity index (χ1v) is 8.10. The van der Waals surface area contributed by atoms with Gasteiger partial charge in [0.05, 0.1) is 18.3 Å². The van der Waals surface area contributed by atoms with E-state index in [2.05, 4.69) is 24.8 Å². The lowest BCUT2D eigenvalue weighted by molar-refractivity contribution is 0.0999. The van der Waals surface area contributed by atoms with E-state index in [9.17, 15) is 0 Å². The van der Waals surface area contributed by atoms with Crippen molar-refractivity contribution < 1.29 is 4.74 Å². The molecule has 6 heteroatoms. The van der Waals surface area contributed by atoms with Crippen molar-refractivity contribution in [2.75, 3.05) is 20.8 Å². The summed E-state index contributed by atoms with van der Waals surface area (Å²) in [7, 11) is 3.75. The van der Waals surface area contributed by atoms with Gasteiger partial charge in [-0.05, 0) is 31.3 Å². The average Bonchev–Trinajstić information content (AvgIpc) is 2.68. The van der Waals surface area contributed by atoms with Crippen LogP contribution in [0.5, 0.6) is 0 Å². The van der Waals surface area contributed by atoms with E-state index < -0.39 is 0 Å². The highest BCUT2D eigenvalue weighted by Gasteiger charge is 2.18. The highest BCUT2D eigenvalue weighted by molar-refractivity contribution is 5.47. The van der Waals surface area contributed by atoms with Crippen LogP contribution in [0.25, 0.3) is 11.5 Å².